The van der Waals surface area contributed by atoms with E-state index >= 15 is 0 Å². The van der Waals surface area contributed by atoms with E-state index in [1.807, 2.05) is 11.9 Å². The number of carbonyl (C=O) groups excluding carboxylic acids is 1. The molecule has 0 fully saturated rings. The second-order valence-corrected chi connectivity index (χ2v) is 9.36. The summed E-state index contributed by atoms with van der Waals surface area (Å²) in [6.07, 6.45) is 0.206. The molecule has 0 aromatic heterocycles. The normalized spacial score (nSPS) is 11.8. The molecule has 0 spiro atoms. The van der Waals surface area contributed by atoms with E-state index < -0.39 is 16.6 Å². The maximum absolute atomic E-state index is 12.4. The van der Waals surface area contributed by atoms with Gasteiger partial charge in [-0.1, -0.05) is 6.07 Å². The molecule has 0 unspecified atom stereocenters. The average Bonchev–Trinajstić information content (AvgIpc) is 2.73. The number of alkyl halides is 2. The van der Waals surface area contributed by atoms with Gasteiger partial charge in [0.05, 0.1) is 12.0 Å². The van der Waals surface area contributed by atoms with Crippen molar-refractivity contribution in [2.75, 3.05) is 40.1 Å². The Labute approximate surface area is 186 Å². The van der Waals surface area contributed by atoms with Crippen LogP contribution >= 0.6 is 0 Å². The Morgan fingerprint density at radius 3 is 2.28 bits per heavy atom. The molecule has 176 valence electrons. The average molecular weight is 472 g/mol. The maximum atomic E-state index is 12.4. The number of sulfonamides is 1. The Balaban J connectivity index is 1.88. The number of nitrogens with one attached hydrogen (secondary N) is 1. The first-order valence-corrected chi connectivity index (χ1v) is 11.1. The van der Waals surface area contributed by atoms with Crippen LogP contribution in [0.5, 0.6) is 11.5 Å². The molecule has 2 aromatic rings. The van der Waals surface area contributed by atoms with E-state index in [0.717, 1.165) is 9.87 Å². The lowest BCUT2D eigenvalue weighted by atomic mass is 10.2. The molecule has 0 aliphatic rings. The number of hydrogen-bond acceptors (Lipinski definition) is 6. The van der Waals surface area contributed by atoms with E-state index in [1.54, 1.807) is 12.1 Å². The fourth-order valence-corrected chi connectivity index (χ4v) is 3.73. The molecule has 1 amide bonds. The van der Waals surface area contributed by atoms with Gasteiger partial charge in [-0.3, -0.25) is 4.79 Å². The molecular weight excluding hydrogens is 444 g/mol. The summed E-state index contributed by atoms with van der Waals surface area (Å²) in [7, 11) is 2.56. The molecule has 32 heavy (non-hydrogen) atoms. The van der Waals surface area contributed by atoms with Crippen LogP contribution < -0.4 is 14.8 Å². The summed E-state index contributed by atoms with van der Waals surface area (Å²) in [6.45, 7) is -2.03. The van der Waals surface area contributed by atoms with Crippen molar-refractivity contribution in [3.8, 4) is 11.5 Å². The zero-order chi connectivity index (χ0) is 23.9. The molecule has 0 radical (unpaired) electrons. The number of anilines is 1. The molecular formula is C21H27F2N3O5S. The summed E-state index contributed by atoms with van der Waals surface area (Å²) in [6, 6.07) is 10.6. The van der Waals surface area contributed by atoms with Gasteiger partial charge in [0.1, 0.15) is 0 Å². The Morgan fingerprint density at radius 2 is 1.72 bits per heavy atom. The molecule has 8 nitrogen and oxygen atoms in total. The van der Waals surface area contributed by atoms with Gasteiger partial charge in [0, 0.05) is 39.3 Å². The summed E-state index contributed by atoms with van der Waals surface area (Å²) in [5.74, 6) is -0.0651. The van der Waals surface area contributed by atoms with Crippen molar-refractivity contribution in [1.29, 1.82) is 0 Å². The Hall–Kier alpha value is -2.76. The Kier molecular flexibility index (Phi) is 8.93. The summed E-state index contributed by atoms with van der Waals surface area (Å²) >= 11 is 0. The first kappa shape index (κ1) is 25.5. The van der Waals surface area contributed by atoms with E-state index in [1.165, 1.54) is 51.5 Å². The highest BCUT2D eigenvalue weighted by Crippen LogP contribution is 2.29. The third-order valence-corrected chi connectivity index (χ3v) is 6.36. The van der Waals surface area contributed by atoms with Gasteiger partial charge in [-0.05, 0) is 49.0 Å². The molecule has 0 heterocycles. The summed E-state index contributed by atoms with van der Waals surface area (Å²) in [5, 5.41) is 2.73. The first-order valence-electron chi connectivity index (χ1n) is 9.65. The van der Waals surface area contributed by atoms with Gasteiger partial charge >= 0.3 is 6.61 Å². The summed E-state index contributed by atoms with van der Waals surface area (Å²) in [4.78, 5) is 14.3. The van der Waals surface area contributed by atoms with Gasteiger partial charge in [0.2, 0.25) is 15.9 Å². The molecule has 0 aliphatic carbocycles. The molecule has 11 heteroatoms. The van der Waals surface area contributed by atoms with Crippen molar-refractivity contribution in [2.24, 2.45) is 0 Å². The maximum Gasteiger partial charge on any atom is 0.387 e. The van der Waals surface area contributed by atoms with Crippen LogP contribution in [0.4, 0.5) is 14.5 Å². The van der Waals surface area contributed by atoms with Gasteiger partial charge in [-0.25, -0.2) is 12.7 Å². The summed E-state index contributed by atoms with van der Waals surface area (Å²) in [5.41, 5.74) is 1.30. The molecule has 0 atom stereocenters. The predicted octanol–water partition coefficient (Wildman–Crippen LogP) is 3.01. The Morgan fingerprint density at radius 1 is 1.06 bits per heavy atom. The number of hydrogen-bond donors (Lipinski definition) is 1. The largest absolute Gasteiger partial charge is 0.493 e. The number of carbonyl (C=O) groups is 1. The van der Waals surface area contributed by atoms with Crippen molar-refractivity contribution in [2.45, 2.75) is 24.5 Å². The third-order valence-electron chi connectivity index (χ3n) is 4.53. The highest BCUT2D eigenvalue weighted by Gasteiger charge is 2.17. The number of ether oxygens (including phenoxy) is 2. The zero-order valence-corrected chi connectivity index (χ0v) is 19.2. The number of benzene rings is 2. The third kappa shape index (κ3) is 7.14. The molecule has 2 aromatic carbocycles. The van der Waals surface area contributed by atoms with E-state index in [2.05, 4.69) is 10.1 Å². The quantitative estimate of drug-likeness (QED) is 0.542. The van der Waals surface area contributed by atoms with Crippen LogP contribution in [0.25, 0.3) is 0 Å². The van der Waals surface area contributed by atoms with Gasteiger partial charge in [0.15, 0.2) is 11.5 Å². The minimum absolute atomic E-state index is 0.0438. The molecule has 0 saturated carbocycles. The van der Waals surface area contributed by atoms with Crippen molar-refractivity contribution in [3.05, 3.63) is 48.0 Å². The van der Waals surface area contributed by atoms with Crippen LogP contribution in [-0.2, 0) is 21.4 Å². The summed E-state index contributed by atoms with van der Waals surface area (Å²) < 4.78 is 59.6. The highest BCUT2D eigenvalue weighted by atomic mass is 32.2. The van der Waals surface area contributed by atoms with Crippen LogP contribution in [0.2, 0.25) is 0 Å². The first-order chi connectivity index (χ1) is 15.0. The molecule has 0 aliphatic heterocycles. The number of amides is 1. The molecule has 2 rings (SSSR count). The number of methoxy groups -OCH3 is 1. The lowest BCUT2D eigenvalue weighted by Gasteiger charge is -2.18. The second kappa shape index (κ2) is 11.2. The van der Waals surface area contributed by atoms with Gasteiger partial charge in [-0.15, -0.1) is 0 Å². The van der Waals surface area contributed by atoms with Crippen LogP contribution in [-0.4, -0.2) is 64.9 Å². The van der Waals surface area contributed by atoms with E-state index in [4.69, 9.17) is 4.74 Å². The fraction of sp³-hybridized carbons (Fsp3) is 0.381. The topological polar surface area (TPSA) is 88.2 Å². The van der Waals surface area contributed by atoms with Gasteiger partial charge < -0.3 is 19.7 Å². The van der Waals surface area contributed by atoms with E-state index in [-0.39, 0.29) is 28.7 Å². The minimum atomic E-state index is -3.53. The molecule has 0 saturated heterocycles. The van der Waals surface area contributed by atoms with Crippen LogP contribution in [0.1, 0.15) is 12.0 Å². The standard InChI is InChI=1S/C21H27F2N3O5S/c1-25(2)32(28,29)17-8-6-16(7-9-17)24-20(27)11-12-26(3)14-15-5-10-18(31-21(22)23)19(13-15)30-4/h5-10,13,21H,11-12,14H2,1-4H3,(H,24,27). The predicted molar refractivity (Wildman–Crippen MR) is 117 cm³/mol. The number of rotatable bonds is 11. The van der Waals surface area contributed by atoms with Gasteiger partial charge in [-0.2, -0.15) is 8.78 Å². The highest BCUT2D eigenvalue weighted by molar-refractivity contribution is 7.89. The van der Waals surface area contributed by atoms with Crippen molar-refractivity contribution >= 4 is 21.6 Å². The lowest BCUT2D eigenvalue weighted by Crippen LogP contribution is -2.24. The van der Waals surface area contributed by atoms with Crippen LogP contribution in [0.15, 0.2) is 47.4 Å². The minimum Gasteiger partial charge on any atom is -0.493 e. The molecule has 0 bridgehead atoms. The van der Waals surface area contributed by atoms with Crippen molar-refractivity contribution in [1.82, 2.24) is 9.21 Å². The monoisotopic (exact) mass is 471 g/mol. The smallest absolute Gasteiger partial charge is 0.387 e. The number of halogens is 2. The van der Waals surface area contributed by atoms with Gasteiger partial charge in [0.25, 0.3) is 0 Å². The van der Waals surface area contributed by atoms with Crippen molar-refractivity contribution in [3.63, 3.8) is 0 Å². The number of nitrogens with zero attached hydrogens (tertiary/aromatic N) is 2. The SMILES string of the molecule is COc1cc(CN(C)CCC(=O)Nc2ccc(S(=O)(=O)N(C)C)cc2)ccc1OC(F)F. The molecule has 1 N–H and O–H groups in total. The van der Waals surface area contributed by atoms with Crippen LogP contribution in [0.3, 0.4) is 0 Å². The Bertz CT molecular complexity index is 1010. The zero-order valence-electron chi connectivity index (χ0n) is 18.3. The lowest BCUT2D eigenvalue weighted by molar-refractivity contribution is -0.116. The van der Waals surface area contributed by atoms with Crippen molar-refractivity contribution < 1.29 is 31.5 Å². The van der Waals surface area contributed by atoms with Crippen LogP contribution in [0, 0.1) is 0 Å². The second-order valence-electron chi connectivity index (χ2n) is 7.21. The fourth-order valence-electron chi connectivity index (χ4n) is 2.83. The van der Waals surface area contributed by atoms with E-state index in [9.17, 15) is 22.0 Å². The van der Waals surface area contributed by atoms with E-state index in [0.29, 0.717) is 18.8 Å².